The first kappa shape index (κ1) is 20.3. The summed E-state index contributed by atoms with van der Waals surface area (Å²) in [6.45, 7) is 5.08. The summed E-state index contributed by atoms with van der Waals surface area (Å²) in [4.78, 5) is 14.9. The van der Waals surface area contributed by atoms with Crippen LogP contribution in [-0.4, -0.2) is 49.7 Å². The normalized spacial score (nSPS) is 18.4. The molecule has 1 heterocycles. The van der Waals surface area contributed by atoms with E-state index in [1.54, 1.807) is 16.4 Å². The summed E-state index contributed by atoms with van der Waals surface area (Å²) < 4.78 is 27.0. The maximum Gasteiger partial charge on any atom is 0.243 e. The highest BCUT2D eigenvalue weighted by Gasteiger charge is 2.27. The molecule has 0 atom stereocenters. The van der Waals surface area contributed by atoms with Gasteiger partial charge in [0, 0.05) is 32.6 Å². The average molecular weight is 393 g/mol. The summed E-state index contributed by atoms with van der Waals surface area (Å²) in [5.74, 6) is 0.925. The van der Waals surface area contributed by atoms with Crippen molar-refractivity contribution in [2.45, 2.75) is 63.2 Å². The van der Waals surface area contributed by atoms with Crippen LogP contribution in [0.4, 0.5) is 0 Å². The molecule has 3 rings (SSSR count). The summed E-state index contributed by atoms with van der Waals surface area (Å²) >= 11 is 0. The van der Waals surface area contributed by atoms with Crippen LogP contribution < -0.4 is 0 Å². The lowest BCUT2D eigenvalue weighted by Gasteiger charge is -2.26. The van der Waals surface area contributed by atoms with Gasteiger partial charge in [-0.25, -0.2) is 8.42 Å². The number of hydrogen-bond donors (Lipinski definition) is 0. The Kier molecular flexibility index (Phi) is 6.93. The maximum absolute atomic E-state index is 12.7. The van der Waals surface area contributed by atoms with E-state index in [2.05, 4.69) is 6.92 Å². The monoisotopic (exact) mass is 392 g/mol. The van der Waals surface area contributed by atoms with E-state index in [1.165, 1.54) is 12.8 Å². The Bertz CT molecular complexity index is 720. The maximum atomic E-state index is 12.7. The van der Waals surface area contributed by atoms with Gasteiger partial charge in [-0.3, -0.25) is 4.79 Å². The van der Waals surface area contributed by atoms with Crippen LogP contribution in [0.3, 0.4) is 0 Å². The summed E-state index contributed by atoms with van der Waals surface area (Å²) in [5, 5.41) is 0. The molecule has 0 aromatic heterocycles. The highest BCUT2D eigenvalue weighted by atomic mass is 32.2. The fraction of sp³-hybridized carbons (Fsp3) is 0.667. The van der Waals surface area contributed by atoms with Crippen LogP contribution in [0.25, 0.3) is 0 Å². The number of hydrogen-bond acceptors (Lipinski definition) is 3. The molecule has 0 bridgehead atoms. The van der Waals surface area contributed by atoms with E-state index in [9.17, 15) is 13.2 Å². The molecule has 1 aliphatic carbocycles. The minimum Gasteiger partial charge on any atom is -0.342 e. The van der Waals surface area contributed by atoms with Crippen molar-refractivity contribution >= 4 is 15.9 Å². The van der Waals surface area contributed by atoms with E-state index in [0.29, 0.717) is 36.7 Å². The van der Waals surface area contributed by atoms with Crippen molar-refractivity contribution in [2.24, 2.45) is 5.92 Å². The summed E-state index contributed by atoms with van der Waals surface area (Å²) in [7, 11) is -3.38. The molecule has 1 aliphatic heterocycles. The molecule has 1 amide bonds. The van der Waals surface area contributed by atoms with E-state index < -0.39 is 10.0 Å². The SMILES string of the molecule is CCCN(CC1CC1)C(=O)CCc1ccc(S(=O)(=O)N2CCCCC2)cc1. The quantitative estimate of drug-likeness (QED) is 0.647. The first-order valence-electron chi connectivity index (χ1n) is 10.4. The molecule has 1 aromatic rings. The minimum atomic E-state index is -3.38. The Morgan fingerprint density at radius 2 is 1.78 bits per heavy atom. The molecule has 6 heteroatoms. The van der Waals surface area contributed by atoms with Gasteiger partial charge in [0.05, 0.1) is 4.90 Å². The third kappa shape index (κ3) is 5.55. The Balaban J connectivity index is 1.56. The van der Waals surface area contributed by atoms with Gasteiger partial charge in [0.2, 0.25) is 15.9 Å². The van der Waals surface area contributed by atoms with Crippen LogP contribution in [0.2, 0.25) is 0 Å². The van der Waals surface area contributed by atoms with E-state index in [1.807, 2.05) is 17.0 Å². The summed E-state index contributed by atoms with van der Waals surface area (Å²) in [6, 6.07) is 7.10. The highest BCUT2D eigenvalue weighted by molar-refractivity contribution is 7.89. The van der Waals surface area contributed by atoms with Crippen molar-refractivity contribution in [1.29, 1.82) is 0 Å². The fourth-order valence-corrected chi connectivity index (χ4v) is 5.21. The molecule has 1 saturated carbocycles. The molecule has 1 aromatic carbocycles. The third-order valence-electron chi connectivity index (χ3n) is 5.53. The van der Waals surface area contributed by atoms with Gasteiger partial charge in [0.1, 0.15) is 0 Å². The van der Waals surface area contributed by atoms with Gasteiger partial charge in [0.15, 0.2) is 0 Å². The van der Waals surface area contributed by atoms with Gasteiger partial charge < -0.3 is 4.90 Å². The zero-order chi connectivity index (χ0) is 19.3. The molecular formula is C21H32N2O3S. The molecule has 0 N–H and O–H groups in total. The van der Waals surface area contributed by atoms with E-state index in [4.69, 9.17) is 0 Å². The fourth-order valence-electron chi connectivity index (χ4n) is 3.69. The molecule has 0 spiro atoms. The second kappa shape index (κ2) is 9.20. The number of nitrogens with zero attached hydrogens (tertiary/aromatic N) is 2. The zero-order valence-electron chi connectivity index (χ0n) is 16.4. The number of carbonyl (C=O) groups excluding carboxylic acids is 1. The van der Waals surface area contributed by atoms with E-state index in [-0.39, 0.29) is 5.91 Å². The minimum absolute atomic E-state index is 0.216. The molecule has 0 unspecified atom stereocenters. The number of sulfonamides is 1. The van der Waals surface area contributed by atoms with Gasteiger partial charge in [0.25, 0.3) is 0 Å². The lowest BCUT2D eigenvalue weighted by Crippen LogP contribution is -2.35. The van der Waals surface area contributed by atoms with Crippen LogP contribution in [0.15, 0.2) is 29.2 Å². The Hall–Kier alpha value is -1.40. The van der Waals surface area contributed by atoms with Gasteiger partial charge in [-0.05, 0) is 62.1 Å². The largest absolute Gasteiger partial charge is 0.342 e. The van der Waals surface area contributed by atoms with Crippen molar-refractivity contribution < 1.29 is 13.2 Å². The molecule has 0 radical (unpaired) electrons. The number of carbonyl (C=O) groups is 1. The molecule has 5 nitrogen and oxygen atoms in total. The predicted molar refractivity (Wildman–Crippen MR) is 107 cm³/mol. The lowest BCUT2D eigenvalue weighted by molar-refractivity contribution is -0.131. The molecular weight excluding hydrogens is 360 g/mol. The molecule has 1 saturated heterocycles. The second-order valence-electron chi connectivity index (χ2n) is 7.89. The first-order valence-corrected chi connectivity index (χ1v) is 11.8. The second-order valence-corrected chi connectivity index (χ2v) is 9.83. The molecule has 2 fully saturated rings. The summed E-state index contributed by atoms with van der Waals surface area (Å²) in [5.41, 5.74) is 1.02. The van der Waals surface area contributed by atoms with Crippen molar-refractivity contribution in [1.82, 2.24) is 9.21 Å². The van der Waals surface area contributed by atoms with Crippen LogP contribution in [0, 0.1) is 5.92 Å². The zero-order valence-corrected chi connectivity index (χ0v) is 17.2. The van der Waals surface area contributed by atoms with Crippen molar-refractivity contribution in [2.75, 3.05) is 26.2 Å². The topological polar surface area (TPSA) is 57.7 Å². The number of piperidine rings is 1. The Labute approximate surface area is 163 Å². The summed E-state index contributed by atoms with van der Waals surface area (Å²) in [6.07, 6.45) is 7.62. The van der Waals surface area contributed by atoms with E-state index in [0.717, 1.165) is 44.3 Å². The number of amides is 1. The number of rotatable bonds is 9. The van der Waals surface area contributed by atoms with Gasteiger partial charge in [-0.1, -0.05) is 25.5 Å². The van der Waals surface area contributed by atoms with Crippen molar-refractivity contribution in [3.05, 3.63) is 29.8 Å². The van der Waals surface area contributed by atoms with Gasteiger partial charge in [-0.2, -0.15) is 4.31 Å². The smallest absolute Gasteiger partial charge is 0.243 e. The Morgan fingerprint density at radius 3 is 2.37 bits per heavy atom. The van der Waals surface area contributed by atoms with Crippen LogP contribution in [0.1, 0.15) is 57.4 Å². The lowest BCUT2D eigenvalue weighted by atomic mass is 10.1. The number of benzene rings is 1. The van der Waals surface area contributed by atoms with Crippen molar-refractivity contribution in [3.63, 3.8) is 0 Å². The number of aryl methyl sites for hydroxylation is 1. The Morgan fingerprint density at radius 1 is 1.11 bits per heavy atom. The molecule has 2 aliphatic rings. The van der Waals surface area contributed by atoms with Gasteiger partial charge in [-0.15, -0.1) is 0 Å². The van der Waals surface area contributed by atoms with Crippen molar-refractivity contribution in [3.8, 4) is 0 Å². The van der Waals surface area contributed by atoms with Gasteiger partial charge >= 0.3 is 0 Å². The predicted octanol–water partition coefficient (Wildman–Crippen LogP) is 3.44. The van der Waals surface area contributed by atoms with Crippen LogP contribution >= 0.6 is 0 Å². The average Bonchev–Trinajstić information content (AvgIpc) is 3.51. The molecule has 150 valence electrons. The highest BCUT2D eigenvalue weighted by Crippen LogP contribution is 2.30. The van der Waals surface area contributed by atoms with Crippen LogP contribution in [-0.2, 0) is 21.2 Å². The van der Waals surface area contributed by atoms with E-state index >= 15 is 0 Å². The standard InChI is InChI=1S/C21H32N2O3S/c1-2-14-22(17-19-6-7-19)21(24)13-10-18-8-11-20(12-9-18)27(25,26)23-15-4-3-5-16-23/h8-9,11-12,19H,2-7,10,13-17H2,1H3. The van der Waals surface area contributed by atoms with Crippen LogP contribution in [0.5, 0.6) is 0 Å². The third-order valence-corrected chi connectivity index (χ3v) is 7.44. The molecule has 27 heavy (non-hydrogen) atoms. The first-order chi connectivity index (χ1) is 13.0.